The Morgan fingerprint density at radius 2 is 1.87 bits per heavy atom. The quantitative estimate of drug-likeness (QED) is 0.714. The van der Waals surface area contributed by atoms with E-state index in [0.29, 0.717) is 0 Å². The van der Waals surface area contributed by atoms with Gasteiger partial charge in [-0.05, 0) is 26.2 Å². The monoisotopic (exact) mass is 325 g/mol. The molecule has 5 heteroatoms. The topological polar surface area (TPSA) is 37.6 Å². The second kappa shape index (κ2) is 5.81. The SMILES string of the molecule is Cc1ccc(-c2cn3c(C(=O)N4CCCCC4)csc3n2)cc1. The van der Waals surface area contributed by atoms with Gasteiger partial charge in [-0.2, -0.15) is 0 Å². The van der Waals surface area contributed by atoms with Gasteiger partial charge in [0.2, 0.25) is 0 Å². The van der Waals surface area contributed by atoms with Crippen molar-refractivity contribution in [3.63, 3.8) is 0 Å². The summed E-state index contributed by atoms with van der Waals surface area (Å²) < 4.78 is 1.94. The van der Waals surface area contributed by atoms with Crippen LogP contribution in [0.1, 0.15) is 35.3 Å². The highest BCUT2D eigenvalue weighted by Gasteiger charge is 2.22. The summed E-state index contributed by atoms with van der Waals surface area (Å²) in [6.07, 6.45) is 5.42. The smallest absolute Gasteiger partial charge is 0.271 e. The van der Waals surface area contributed by atoms with Gasteiger partial charge in [-0.15, -0.1) is 11.3 Å². The number of imidazole rings is 1. The van der Waals surface area contributed by atoms with Crippen molar-refractivity contribution in [3.8, 4) is 11.3 Å². The Bertz CT molecular complexity index is 841. The number of benzene rings is 1. The first-order valence-corrected chi connectivity index (χ1v) is 8.93. The number of aryl methyl sites for hydroxylation is 1. The molecule has 0 atom stereocenters. The van der Waals surface area contributed by atoms with Crippen molar-refractivity contribution in [1.29, 1.82) is 0 Å². The van der Waals surface area contributed by atoms with E-state index in [2.05, 4.69) is 36.2 Å². The summed E-state index contributed by atoms with van der Waals surface area (Å²) in [5.74, 6) is 0.129. The number of likely N-dealkylation sites (tertiary alicyclic amines) is 1. The lowest BCUT2D eigenvalue weighted by atomic mass is 10.1. The predicted octanol–water partition coefficient (Wildman–Crippen LogP) is 4.00. The number of nitrogens with zero attached hydrogens (tertiary/aromatic N) is 3. The Kier molecular flexibility index (Phi) is 3.65. The molecule has 2 aromatic heterocycles. The molecular weight excluding hydrogens is 306 g/mol. The first-order valence-electron chi connectivity index (χ1n) is 8.05. The van der Waals surface area contributed by atoms with Crippen LogP contribution in [-0.2, 0) is 0 Å². The molecule has 23 heavy (non-hydrogen) atoms. The number of hydrogen-bond donors (Lipinski definition) is 0. The molecule has 0 bridgehead atoms. The van der Waals surface area contributed by atoms with Gasteiger partial charge >= 0.3 is 0 Å². The predicted molar refractivity (Wildman–Crippen MR) is 93.0 cm³/mol. The van der Waals surface area contributed by atoms with Crippen LogP contribution >= 0.6 is 11.3 Å². The second-order valence-corrected chi connectivity index (χ2v) is 6.96. The third-order valence-corrected chi connectivity index (χ3v) is 5.26. The number of carbonyl (C=O) groups excluding carboxylic acids is 1. The first-order chi connectivity index (χ1) is 11.2. The fourth-order valence-corrected chi connectivity index (χ4v) is 3.91. The fraction of sp³-hybridized carbons (Fsp3) is 0.333. The summed E-state index contributed by atoms with van der Waals surface area (Å²) in [4.78, 5) is 20.3. The van der Waals surface area contributed by atoms with E-state index in [0.717, 1.165) is 47.8 Å². The van der Waals surface area contributed by atoms with Crippen LogP contribution < -0.4 is 0 Å². The minimum Gasteiger partial charge on any atom is -0.337 e. The minimum atomic E-state index is 0.129. The summed E-state index contributed by atoms with van der Waals surface area (Å²) in [5, 5.41) is 1.93. The van der Waals surface area contributed by atoms with Crippen LogP contribution in [0.15, 0.2) is 35.8 Å². The molecule has 118 valence electrons. The van der Waals surface area contributed by atoms with Crippen molar-refractivity contribution in [3.05, 3.63) is 47.1 Å². The molecule has 0 spiro atoms. The lowest BCUT2D eigenvalue weighted by molar-refractivity contribution is 0.0717. The number of rotatable bonds is 2. The van der Waals surface area contributed by atoms with Gasteiger partial charge in [0, 0.05) is 30.2 Å². The van der Waals surface area contributed by atoms with E-state index in [-0.39, 0.29) is 5.91 Å². The van der Waals surface area contributed by atoms with Crippen molar-refractivity contribution in [2.75, 3.05) is 13.1 Å². The van der Waals surface area contributed by atoms with Gasteiger partial charge < -0.3 is 4.90 Å². The Hall–Kier alpha value is -2.14. The Labute approximate surface area is 139 Å². The molecule has 1 fully saturated rings. The second-order valence-electron chi connectivity index (χ2n) is 6.12. The van der Waals surface area contributed by atoms with Crippen LogP contribution in [0.2, 0.25) is 0 Å². The van der Waals surface area contributed by atoms with Gasteiger partial charge in [-0.1, -0.05) is 29.8 Å². The van der Waals surface area contributed by atoms with Crippen LogP contribution in [0, 0.1) is 6.92 Å². The molecule has 0 aliphatic carbocycles. The molecular formula is C18H19N3OS. The van der Waals surface area contributed by atoms with E-state index in [1.807, 2.05) is 20.9 Å². The zero-order chi connectivity index (χ0) is 15.8. The fourth-order valence-electron chi connectivity index (χ4n) is 3.06. The molecule has 1 saturated heterocycles. The van der Waals surface area contributed by atoms with E-state index in [4.69, 9.17) is 0 Å². The van der Waals surface area contributed by atoms with Crippen LogP contribution in [0.4, 0.5) is 0 Å². The lowest BCUT2D eigenvalue weighted by Crippen LogP contribution is -2.36. The summed E-state index contributed by atoms with van der Waals surface area (Å²) in [6, 6.07) is 8.33. The molecule has 1 aromatic carbocycles. The van der Waals surface area contributed by atoms with Crippen LogP contribution in [0.25, 0.3) is 16.2 Å². The summed E-state index contributed by atoms with van der Waals surface area (Å²) >= 11 is 1.53. The van der Waals surface area contributed by atoms with Crippen molar-refractivity contribution < 1.29 is 4.79 Å². The Morgan fingerprint density at radius 1 is 1.13 bits per heavy atom. The van der Waals surface area contributed by atoms with Crippen LogP contribution in [-0.4, -0.2) is 33.3 Å². The summed E-state index contributed by atoms with van der Waals surface area (Å²) in [6.45, 7) is 3.82. The van der Waals surface area contributed by atoms with E-state index in [1.165, 1.54) is 23.3 Å². The minimum absolute atomic E-state index is 0.129. The van der Waals surface area contributed by atoms with Gasteiger partial charge in [0.05, 0.1) is 5.69 Å². The number of fused-ring (bicyclic) bond motifs is 1. The molecule has 0 unspecified atom stereocenters. The summed E-state index contributed by atoms with van der Waals surface area (Å²) in [7, 11) is 0. The van der Waals surface area contributed by atoms with Gasteiger partial charge in [0.1, 0.15) is 5.69 Å². The maximum absolute atomic E-state index is 12.7. The third-order valence-electron chi connectivity index (χ3n) is 4.42. The van der Waals surface area contributed by atoms with Gasteiger partial charge in [0.15, 0.2) is 4.96 Å². The van der Waals surface area contributed by atoms with Gasteiger partial charge in [-0.3, -0.25) is 9.20 Å². The maximum Gasteiger partial charge on any atom is 0.271 e. The zero-order valence-electron chi connectivity index (χ0n) is 13.2. The molecule has 3 aromatic rings. The standard InChI is InChI=1S/C18H19N3OS/c1-13-5-7-14(8-6-13)15-11-21-16(12-23-18(21)19-15)17(22)20-9-3-2-4-10-20/h5-8,11-12H,2-4,9-10H2,1H3. The highest BCUT2D eigenvalue weighted by atomic mass is 32.1. The molecule has 1 amide bonds. The van der Waals surface area contributed by atoms with Gasteiger partial charge in [-0.25, -0.2) is 4.98 Å². The molecule has 1 aliphatic rings. The molecule has 4 nitrogen and oxygen atoms in total. The third kappa shape index (κ3) is 2.65. The Balaban J connectivity index is 1.69. The van der Waals surface area contributed by atoms with Crippen molar-refractivity contribution in [2.45, 2.75) is 26.2 Å². The number of thiazole rings is 1. The van der Waals surface area contributed by atoms with Crippen LogP contribution in [0.5, 0.6) is 0 Å². The number of carbonyl (C=O) groups is 1. The Morgan fingerprint density at radius 3 is 2.61 bits per heavy atom. The highest BCUT2D eigenvalue weighted by Crippen LogP contribution is 2.25. The molecule has 0 radical (unpaired) electrons. The maximum atomic E-state index is 12.7. The molecule has 0 saturated carbocycles. The first kappa shape index (κ1) is 14.5. The molecule has 1 aliphatic heterocycles. The molecule has 4 rings (SSSR count). The van der Waals surface area contributed by atoms with E-state index in [9.17, 15) is 4.79 Å². The summed E-state index contributed by atoms with van der Waals surface area (Å²) in [5.41, 5.74) is 3.97. The zero-order valence-corrected chi connectivity index (χ0v) is 14.0. The number of piperidine rings is 1. The normalized spacial score (nSPS) is 15.3. The number of amides is 1. The van der Waals surface area contributed by atoms with Crippen molar-refractivity contribution >= 4 is 22.2 Å². The number of hydrogen-bond acceptors (Lipinski definition) is 3. The van der Waals surface area contributed by atoms with Crippen LogP contribution in [0.3, 0.4) is 0 Å². The number of aromatic nitrogens is 2. The average molecular weight is 325 g/mol. The largest absolute Gasteiger partial charge is 0.337 e. The van der Waals surface area contributed by atoms with Crippen molar-refractivity contribution in [1.82, 2.24) is 14.3 Å². The van der Waals surface area contributed by atoms with Gasteiger partial charge in [0.25, 0.3) is 5.91 Å². The van der Waals surface area contributed by atoms with E-state index >= 15 is 0 Å². The highest BCUT2D eigenvalue weighted by molar-refractivity contribution is 7.15. The molecule has 3 heterocycles. The van der Waals surface area contributed by atoms with Crippen molar-refractivity contribution in [2.24, 2.45) is 0 Å². The lowest BCUT2D eigenvalue weighted by Gasteiger charge is -2.26. The average Bonchev–Trinajstić information content (AvgIpc) is 3.16. The van der Waals surface area contributed by atoms with E-state index in [1.54, 1.807) is 0 Å². The van der Waals surface area contributed by atoms with E-state index < -0.39 is 0 Å². The molecule has 0 N–H and O–H groups in total.